The number of halogens is 1. The van der Waals surface area contributed by atoms with Gasteiger partial charge in [-0.1, -0.05) is 6.07 Å². The average molecular weight is 390 g/mol. The molecular formula is C24H23FN2O2. The minimum Gasteiger partial charge on any atom is -0.497 e. The van der Waals surface area contributed by atoms with Crippen LogP contribution in [0.15, 0.2) is 71.7 Å². The third-order valence-electron chi connectivity index (χ3n) is 4.91. The Kier molecular flexibility index (Phi) is 5.75. The number of nitrogens with zero attached hydrogens (tertiary/aromatic N) is 2. The van der Waals surface area contributed by atoms with Crippen LogP contribution in [0.5, 0.6) is 17.2 Å². The summed E-state index contributed by atoms with van der Waals surface area (Å²) in [5, 5.41) is 0. The largest absolute Gasteiger partial charge is 0.497 e. The van der Waals surface area contributed by atoms with Crippen LogP contribution in [0.2, 0.25) is 0 Å². The van der Waals surface area contributed by atoms with Gasteiger partial charge in [0.15, 0.2) is 0 Å². The van der Waals surface area contributed by atoms with Crippen molar-refractivity contribution in [2.45, 2.75) is 12.8 Å². The molecule has 0 N–H and O–H groups in total. The summed E-state index contributed by atoms with van der Waals surface area (Å²) in [6.07, 6.45) is 3.93. The zero-order valence-electron chi connectivity index (χ0n) is 16.3. The molecule has 0 radical (unpaired) electrons. The van der Waals surface area contributed by atoms with Gasteiger partial charge in [0.1, 0.15) is 23.1 Å². The number of hydrogen-bond acceptors (Lipinski definition) is 4. The Labute approximate surface area is 170 Å². The van der Waals surface area contributed by atoms with Crippen LogP contribution in [0.1, 0.15) is 18.4 Å². The smallest absolute Gasteiger partial charge is 0.147 e. The highest BCUT2D eigenvalue weighted by Gasteiger charge is 2.15. The minimum atomic E-state index is -0.195. The van der Waals surface area contributed by atoms with Crippen LogP contribution >= 0.6 is 0 Å². The summed E-state index contributed by atoms with van der Waals surface area (Å²) in [6, 6.07) is 20.1. The van der Waals surface area contributed by atoms with Gasteiger partial charge < -0.3 is 14.4 Å². The monoisotopic (exact) mass is 390 g/mol. The Hall–Kier alpha value is -3.34. The first kappa shape index (κ1) is 19.0. The molecule has 1 aliphatic heterocycles. The fourth-order valence-electron chi connectivity index (χ4n) is 3.35. The summed E-state index contributed by atoms with van der Waals surface area (Å²) >= 11 is 0. The lowest BCUT2D eigenvalue weighted by Gasteiger charge is -2.18. The molecule has 148 valence electrons. The third-order valence-corrected chi connectivity index (χ3v) is 4.91. The number of hydrogen-bond donors (Lipinski definition) is 0. The Morgan fingerprint density at radius 1 is 0.862 bits per heavy atom. The van der Waals surface area contributed by atoms with Crippen molar-refractivity contribution in [3.05, 3.63) is 78.1 Å². The van der Waals surface area contributed by atoms with E-state index in [-0.39, 0.29) is 5.82 Å². The van der Waals surface area contributed by atoms with Gasteiger partial charge in [-0.05, 0) is 79.1 Å². The van der Waals surface area contributed by atoms with Crippen molar-refractivity contribution < 1.29 is 13.9 Å². The molecule has 5 heteroatoms. The highest BCUT2D eigenvalue weighted by molar-refractivity contribution is 5.82. The molecule has 3 aromatic carbocycles. The zero-order valence-corrected chi connectivity index (χ0v) is 16.3. The number of ether oxygens (including phenoxy) is 2. The Balaban J connectivity index is 1.40. The van der Waals surface area contributed by atoms with E-state index in [4.69, 9.17) is 9.47 Å². The van der Waals surface area contributed by atoms with Crippen LogP contribution in [0.25, 0.3) is 0 Å². The van der Waals surface area contributed by atoms with E-state index in [1.165, 1.54) is 6.07 Å². The van der Waals surface area contributed by atoms with Gasteiger partial charge in [0.25, 0.3) is 0 Å². The van der Waals surface area contributed by atoms with Gasteiger partial charge >= 0.3 is 0 Å². The van der Waals surface area contributed by atoms with Gasteiger partial charge in [-0.15, -0.1) is 0 Å². The lowest BCUT2D eigenvalue weighted by atomic mass is 10.2. The third kappa shape index (κ3) is 4.74. The predicted molar refractivity (Wildman–Crippen MR) is 115 cm³/mol. The van der Waals surface area contributed by atoms with E-state index in [2.05, 4.69) is 9.89 Å². The summed E-state index contributed by atoms with van der Waals surface area (Å²) in [5.41, 5.74) is 2.19. The van der Waals surface area contributed by atoms with Crippen molar-refractivity contribution in [2.24, 2.45) is 4.99 Å². The van der Waals surface area contributed by atoms with E-state index < -0.39 is 0 Å². The SMILES string of the molecule is COc1ccc(Oc2ccc(N=Cc3ccc(N4CCCC4)c(F)c3)cc2)cc1. The normalized spacial score (nSPS) is 13.8. The minimum absolute atomic E-state index is 0.195. The molecule has 4 nitrogen and oxygen atoms in total. The van der Waals surface area contributed by atoms with Crippen molar-refractivity contribution >= 4 is 17.6 Å². The summed E-state index contributed by atoms with van der Waals surface area (Å²) in [5.74, 6) is 2.04. The Morgan fingerprint density at radius 2 is 1.48 bits per heavy atom. The second-order valence-electron chi connectivity index (χ2n) is 6.93. The molecule has 0 aliphatic carbocycles. The molecule has 1 fully saturated rings. The Bertz CT molecular complexity index is 979. The summed E-state index contributed by atoms with van der Waals surface area (Å²) in [6.45, 7) is 1.85. The molecule has 0 amide bonds. The molecule has 0 spiro atoms. The first-order valence-electron chi connectivity index (χ1n) is 9.72. The van der Waals surface area contributed by atoms with Crippen molar-refractivity contribution in [3.63, 3.8) is 0 Å². The van der Waals surface area contributed by atoms with Crippen molar-refractivity contribution in [1.82, 2.24) is 0 Å². The molecule has 0 atom stereocenters. The van der Waals surface area contributed by atoms with Crippen molar-refractivity contribution in [1.29, 1.82) is 0 Å². The highest BCUT2D eigenvalue weighted by atomic mass is 19.1. The number of anilines is 1. The molecule has 0 unspecified atom stereocenters. The van der Waals surface area contributed by atoms with E-state index in [0.29, 0.717) is 5.69 Å². The summed E-state index contributed by atoms with van der Waals surface area (Å²) in [7, 11) is 1.63. The van der Waals surface area contributed by atoms with Crippen LogP contribution in [0, 0.1) is 5.82 Å². The fourth-order valence-corrected chi connectivity index (χ4v) is 3.35. The van der Waals surface area contributed by atoms with E-state index in [9.17, 15) is 4.39 Å². The maximum atomic E-state index is 14.4. The zero-order chi connectivity index (χ0) is 20.1. The Morgan fingerprint density at radius 3 is 2.10 bits per heavy atom. The van der Waals surface area contributed by atoms with Gasteiger partial charge in [0, 0.05) is 19.3 Å². The predicted octanol–water partition coefficient (Wildman–Crippen LogP) is 5.98. The lowest BCUT2D eigenvalue weighted by molar-refractivity contribution is 0.413. The quantitative estimate of drug-likeness (QED) is 0.486. The fraction of sp³-hybridized carbons (Fsp3) is 0.208. The summed E-state index contributed by atoms with van der Waals surface area (Å²) in [4.78, 5) is 6.53. The average Bonchev–Trinajstić information content (AvgIpc) is 3.28. The maximum Gasteiger partial charge on any atom is 0.147 e. The second-order valence-corrected chi connectivity index (χ2v) is 6.93. The van der Waals surface area contributed by atoms with Gasteiger partial charge in [0.05, 0.1) is 18.5 Å². The van der Waals surface area contributed by atoms with Gasteiger partial charge in [-0.3, -0.25) is 4.99 Å². The molecule has 0 bridgehead atoms. The second kappa shape index (κ2) is 8.78. The molecule has 1 heterocycles. The van der Waals surface area contributed by atoms with Gasteiger partial charge in [-0.2, -0.15) is 0 Å². The molecule has 29 heavy (non-hydrogen) atoms. The lowest BCUT2D eigenvalue weighted by Crippen LogP contribution is -2.18. The maximum absolute atomic E-state index is 14.4. The number of aliphatic imine (C=N–C) groups is 1. The molecule has 0 saturated carbocycles. The number of methoxy groups -OCH3 is 1. The van der Waals surface area contributed by atoms with Crippen LogP contribution < -0.4 is 14.4 Å². The molecule has 0 aromatic heterocycles. The first-order valence-corrected chi connectivity index (χ1v) is 9.72. The van der Waals surface area contributed by atoms with Crippen molar-refractivity contribution in [2.75, 3.05) is 25.1 Å². The van der Waals surface area contributed by atoms with E-state index in [0.717, 1.165) is 54.4 Å². The molecule has 1 saturated heterocycles. The highest BCUT2D eigenvalue weighted by Crippen LogP contribution is 2.26. The molecule has 4 rings (SSSR count). The van der Waals surface area contributed by atoms with Crippen LogP contribution in [-0.4, -0.2) is 26.4 Å². The number of rotatable bonds is 6. The molecule has 3 aromatic rings. The molecular weight excluding hydrogens is 367 g/mol. The van der Waals surface area contributed by atoms with Crippen LogP contribution in [0.3, 0.4) is 0 Å². The van der Waals surface area contributed by atoms with Crippen molar-refractivity contribution in [3.8, 4) is 17.2 Å². The van der Waals surface area contributed by atoms with Crippen LogP contribution in [0.4, 0.5) is 15.8 Å². The van der Waals surface area contributed by atoms with Gasteiger partial charge in [-0.25, -0.2) is 4.39 Å². The van der Waals surface area contributed by atoms with Gasteiger partial charge in [0.2, 0.25) is 0 Å². The molecule has 1 aliphatic rings. The summed E-state index contributed by atoms with van der Waals surface area (Å²) < 4.78 is 25.4. The standard InChI is InChI=1S/C24H23FN2O2/c1-28-20-9-11-22(12-10-20)29-21-7-5-19(6-8-21)26-17-18-4-13-24(23(25)16-18)27-14-2-3-15-27/h4-13,16-17H,2-3,14-15H2,1H3. The van der Waals surface area contributed by atoms with E-state index in [1.54, 1.807) is 13.3 Å². The van der Waals surface area contributed by atoms with E-state index >= 15 is 0 Å². The van der Waals surface area contributed by atoms with E-state index in [1.807, 2.05) is 60.7 Å². The first-order chi connectivity index (χ1) is 14.2. The number of benzene rings is 3. The topological polar surface area (TPSA) is 34.1 Å². The van der Waals surface area contributed by atoms with Crippen LogP contribution in [-0.2, 0) is 0 Å².